The van der Waals surface area contributed by atoms with Crippen LogP contribution in [0.4, 0.5) is 0 Å². The molecule has 1 heterocycles. The lowest BCUT2D eigenvalue weighted by molar-refractivity contribution is 0.281. The van der Waals surface area contributed by atoms with Gasteiger partial charge in [-0.05, 0) is 48.9 Å². The van der Waals surface area contributed by atoms with E-state index in [-0.39, 0.29) is 6.61 Å². The molecule has 0 saturated carbocycles. The summed E-state index contributed by atoms with van der Waals surface area (Å²) in [5.74, 6) is 1.23. The van der Waals surface area contributed by atoms with E-state index >= 15 is 0 Å². The molecule has 0 atom stereocenters. The minimum Gasteiger partial charge on any atom is -0.439 e. The van der Waals surface area contributed by atoms with Crippen molar-refractivity contribution in [1.82, 2.24) is 4.98 Å². The van der Waals surface area contributed by atoms with Gasteiger partial charge in [-0.3, -0.25) is 0 Å². The first-order valence-corrected chi connectivity index (χ1v) is 7.19. The van der Waals surface area contributed by atoms with E-state index in [2.05, 4.69) is 17.1 Å². The minimum atomic E-state index is -0.123. The Labute approximate surface area is 123 Å². The topological polar surface area (TPSA) is 42.4 Å². The second-order valence-electron chi connectivity index (χ2n) is 5.01. The van der Waals surface area contributed by atoms with Crippen LogP contribution < -0.4 is 4.74 Å². The molecule has 1 aliphatic rings. The van der Waals surface area contributed by atoms with Gasteiger partial charge in [0, 0.05) is 17.8 Å². The molecule has 4 heteroatoms. The maximum Gasteiger partial charge on any atom is 0.219 e. The van der Waals surface area contributed by atoms with E-state index in [1.165, 1.54) is 30.2 Å². The molecule has 0 bridgehead atoms. The van der Waals surface area contributed by atoms with Crippen LogP contribution in [0.1, 0.15) is 29.5 Å². The van der Waals surface area contributed by atoms with Gasteiger partial charge in [0.1, 0.15) is 5.75 Å². The lowest BCUT2D eigenvalue weighted by atomic mass is 9.92. The zero-order valence-electron chi connectivity index (χ0n) is 11.1. The van der Waals surface area contributed by atoms with Crippen molar-refractivity contribution >= 4 is 11.6 Å². The van der Waals surface area contributed by atoms with Crippen molar-refractivity contribution in [2.45, 2.75) is 32.3 Å². The third-order valence-electron chi connectivity index (χ3n) is 3.62. The molecule has 2 aromatic rings. The molecular formula is C16H16ClNO2. The molecule has 0 unspecified atom stereocenters. The standard InChI is InChI=1S/C16H16ClNO2/c17-15-9-18-16(8-13(15)10-19)20-14-6-5-11-3-1-2-4-12(11)7-14/h5-9,19H,1-4,10H2. The van der Waals surface area contributed by atoms with Gasteiger partial charge in [0.15, 0.2) is 0 Å². The summed E-state index contributed by atoms with van der Waals surface area (Å²) in [5, 5.41) is 9.65. The molecule has 0 amide bonds. The van der Waals surface area contributed by atoms with Crippen LogP contribution in [0.3, 0.4) is 0 Å². The Hall–Kier alpha value is -1.58. The molecule has 3 nitrogen and oxygen atoms in total. The summed E-state index contributed by atoms with van der Waals surface area (Å²) in [4.78, 5) is 4.13. The lowest BCUT2D eigenvalue weighted by Crippen LogP contribution is -2.02. The molecular weight excluding hydrogens is 274 g/mol. The fraction of sp³-hybridized carbons (Fsp3) is 0.312. The van der Waals surface area contributed by atoms with Crippen molar-refractivity contribution in [3.05, 3.63) is 52.2 Å². The molecule has 3 rings (SSSR count). The van der Waals surface area contributed by atoms with Gasteiger partial charge in [-0.2, -0.15) is 0 Å². The van der Waals surface area contributed by atoms with Gasteiger partial charge < -0.3 is 9.84 Å². The first-order valence-electron chi connectivity index (χ1n) is 6.81. The summed E-state index contributed by atoms with van der Waals surface area (Å²) in [6, 6.07) is 7.86. The fourth-order valence-corrected chi connectivity index (χ4v) is 2.69. The van der Waals surface area contributed by atoms with Crippen molar-refractivity contribution < 1.29 is 9.84 Å². The SMILES string of the molecule is OCc1cc(Oc2ccc3c(c2)CCCC3)ncc1Cl. The van der Waals surface area contributed by atoms with Crippen LogP contribution in [-0.2, 0) is 19.4 Å². The monoisotopic (exact) mass is 289 g/mol. The molecule has 1 aliphatic carbocycles. The molecule has 104 valence electrons. The number of pyridine rings is 1. The van der Waals surface area contributed by atoms with Crippen molar-refractivity contribution in [3.63, 3.8) is 0 Å². The van der Waals surface area contributed by atoms with Crippen LogP contribution in [0.5, 0.6) is 11.6 Å². The number of benzene rings is 1. The van der Waals surface area contributed by atoms with E-state index in [0.717, 1.165) is 18.6 Å². The van der Waals surface area contributed by atoms with Crippen LogP contribution in [0.2, 0.25) is 5.02 Å². The van der Waals surface area contributed by atoms with Gasteiger partial charge in [-0.1, -0.05) is 17.7 Å². The van der Waals surface area contributed by atoms with Crippen LogP contribution in [0.15, 0.2) is 30.5 Å². The van der Waals surface area contributed by atoms with Gasteiger partial charge in [0.2, 0.25) is 5.88 Å². The fourth-order valence-electron chi connectivity index (χ4n) is 2.53. The number of aryl methyl sites for hydroxylation is 2. The van der Waals surface area contributed by atoms with Crippen LogP contribution in [0, 0.1) is 0 Å². The zero-order chi connectivity index (χ0) is 13.9. The van der Waals surface area contributed by atoms with E-state index in [9.17, 15) is 5.11 Å². The number of aliphatic hydroxyl groups is 1. The van der Waals surface area contributed by atoms with Gasteiger partial charge in [-0.15, -0.1) is 0 Å². The Morgan fingerprint density at radius 3 is 2.75 bits per heavy atom. The van der Waals surface area contributed by atoms with E-state index in [1.807, 2.05) is 6.07 Å². The normalized spacial score (nSPS) is 13.9. The van der Waals surface area contributed by atoms with Crippen molar-refractivity contribution in [2.24, 2.45) is 0 Å². The average molecular weight is 290 g/mol. The Morgan fingerprint density at radius 2 is 1.95 bits per heavy atom. The van der Waals surface area contributed by atoms with Crippen molar-refractivity contribution in [3.8, 4) is 11.6 Å². The summed E-state index contributed by atoms with van der Waals surface area (Å²) in [6.45, 7) is -0.123. The van der Waals surface area contributed by atoms with E-state index in [0.29, 0.717) is 16.5 Å². The highest BCUT2D eigenvalue weighted by Crippen LogP contribution is 2.28. The minimum absolute atomic E-state index is 0.123. The molecule has 0 spiro atoms. The average Bonchev–Trinajstić information content (AvgIpc) is 2.49. The predicted octanol–water partition coefficient (Wildman–Crippen LogP) is 3.90. The van der Waals surface area contributed by atoms with Crippen molar-refractivity contribution in [2.75, 3.05) is 0 Å². The quantitative estimate of drug-likeness (QED) is 0.932. The molecule has 20 heavy (non-hydrogen) atoms. The summed E-state index contributed by atoms with van der Waals surface area (Å²) < 4.78 is 5.76. The highest BCUT2D eigenvalue weighted by molar-refractivity contribution is 6.31. The Morgan fingerprint density at radius 1 is 1.15 bits per heavy atom. The third-order valence-corrected chi connectivity index (χ3v) is 3.96. The summed E-state index contributed by atoms with van der Waals surface area (Å²) >= 11 is 5.92. The van der Waals surface area contributed by atoms with Gasteiger partial charge >= 0.3 is 0 Å². The van der Waals surface area contributed by atoms with Gasteiger partial charge in [-0.25, -0.2) is 4.98 Å². The van der Waals surface area contributed by atoms with Gasteiger partial charge in [0.05, 0.1) is 11.6 Å². The highest BCUT2D eigenvalue weighted by Gasteiger charge is 2.11. The number of rotatable bonds is 3. The first-order chi connectivity index (χ1) is 9.76. The second-order valence-corrected chi connectivity index (χ2v) is 5.42. The lowest BCUT2D eigenvalue weighted by Gasteiger charge is -2.16. The number of aliphatic hydroxyl groups excluding tert-OH is 1. The smallest absolute Gasteiger partial charge is 0.219 e. The number of fused-ring (bicyclic) bond motifs is 1. The number of aromatic nitrogens is 1. The van der Waals surface area contributed by atoms with Crippen LogP contribution >= 0.6 is 11.6 Å². The molecule has 1 N–H and O–H groups in total. The third kappa shape index (κ3) is 2.79. The summed E-state index contributed by atoms with van der Waals surface area (Å²) in [7, 11) is 0. The Kier molecular flexibility index (Phi) is 3.90. The second kappa shape index (κ2) is 5.81. The largest absolute Gasteiger partial charge is 0.439 e. The number of nitrogens with zero attached hydrogens (tertiary/aromatic N) is 1. The molecule has 0 aliphatic heterocycles. The maximum absolute atomic E-state index is 9.20. The summed E-state index contributed by atoms with van der Waals surface area (Å²) in [6.07, 6.45) is 6.28. The summed E-state index contributed by atoms with van der Waals surface area (Å²) in [5.41, 5.74) is 3.41. The Bertz CT molecular complexity index is 628. The van der Waals surface area contributed by atoms with E-state index in [4.69, 9.17) is 16.3 Å². The van der Waals surface area contributed by atoms with Gasteiger partial charge in [0.25, 0.3) is 0 Å². The predicted molar refractivity (Wildman–Crippen MR) is 78.3 cm³/mol. The molecule has 0 saturated heterocycles. The van der Waals surface area contributed by atoms with Crippen LogP contribution in [0.25, 0.3) is 0 Å². The Balaban J connectivity index is 1.84. The van der Waals surface area contributed by atoms with E-state index < -0.39 is 0 Å². The first kappa shape index (κ1) is 13.4. The highest BCUT2D eigenvalue weighted by atomic mass is 35.5. The molecule has 1 aromatic carbocycles. The molecule has 0 fully saturated rings. The zero-order valence-corrected chi connectivity index (χ0v) is 11.9. The number of halogens is 1. The number of hydrogen-bond acceptors (Lipinski definition) is 3. The number of ether oxygens (including phenoxy) is 1. The van der Waals surface area contributed by atoms with Crippen molar-refractivity contribution in [1.29, 1.82) is 0 Å². The van der Waals surface area contributed by atoms with E-state index in [1.54, 1.807) is 6.07 Å². The molecule has 1 aromatic heterocycles. The number of hydrogen-bond donors (Lipinski definition) is 1. The maximum atomic E-state index is 9.20. The van der Waals surface area contributed by atoms with Crippen LogP contribution in [-0.4, -0.2) is 10.1 Å². The molecule has 0 radical (unpaired) electrons.